The summed E-state index contributed by atoms with van der Waals surface area (Å²) in [5.74, 6) is 0. The van der Waals surface area contributed by atoms with Crippen LogP contribution >= 0.6 is 63.7 Å². The van der Waals surface area contributed by atoms with Crippen molar-refractivity contribution < 1.29 is 4.74 Å². The largest absolute Gasteiger partial charge is 0.379 e. The Bertz CT molecular complexity index is 683. The number of aryl methyl sites for hydroxylation is 1. The molecule has 0 amide bonds. The normalized spacial score (nSPS) is 16.5. The van der Waals surface area contributed by atoms with Crippen LogP contribution in [0.4, 0.5) is 0 Å². The van der Waals surface area contributed by atoms with Gasteiger partial charge in [0.2, 0.25) is 0 Å². The zero-order valence-corrected chi connectivity index (χ0v) is 18.1. The first-order chi connectivity index (χ1) is 10.6. The van der Waals surface area contributed by atoms with Crippen LogP contribution < -0.4 is 0 Å². The number of halogens is 4. The summed E-state index contributed by atoms with van der Waals surface area (Å²) in [7, 11) is 0. The first kappa shape index (κ1) is 17.4. The highest BCUT2D eigenvalue weighted by Gasteiger charge is 2.18. The third kappa shape index (κ3) is 3.47. The predicted molar refractivity (Wildman–Crippen MR) is 102 cm³/mol. The van der Waals surface area contributed by atoms with E-state index in [0.717, 1.165) is 74.7 Å². The van der Waals surface area contributed by atoms with E-state index in [4.69, 9.17) is 4.74 Å². The predicted octanol–water partition coefficient (Wildman–Crippen LogP) is 4.81. The summed E-state index contributed by atoms with van der Waals surface area (Å²) in [6.45, 7) is 5.84. The Morgan fingerprint density at radius 2 is 1.64 bits per heavy atom. The smallest absolute Gasteiger partial charge is 0.105 e. The minimum absolute atomic E-state index is 0.855. The summed E-state index contributed by atoms with van der Waals surface area (Å²) in [5.41, 5.74) is 2.08. The minimum Gasteiger partial charge on any atom is -0.379 e. The molecule has 22 heavy (non-hydrogen) atoms. The molecule has 2 aromatic rings. The van der Waals surface area contributed by atoms with Crippen molar-refractivity contribution >= 4 is 74.8 Å². The Hall–Kier alpha value is 0.530. The average molecular weight is 561 g/mol. The van der Waals surface area contributed by atoms with E-state index in [9.17, 15) is 0 Å². The second kappa shape index (κ2) is 7.61. The maximum absolute atomic E-state index is 5.38. The van der Waals surface area contributed by atoms with Gasteiger partial charge in [-0.05, 0) is 70.1 Å². The van der Waals surface area contributed by atoms with Gasteiger partial charge in [-0.2, -0.15) is 0 Å². The first-order valence-electron chi connectivity index (χ1n) is 7.06. The zero-order chi connectivity index (χ0) is 15.7. The van der Waals surface area contributed by atoms with Gasteiger partial charge in [-0.3, -0.25) is 4.90 Å². The van der Waals surface area contributed by atoms with Crippen molar-refractivity contribution in [3.63, 3.8) is 0 Å². The van der Waals surface area contributed by atoms with Crippen molar-refractivity contribution in [2.24, 2.45) is 0 Å². The van der Waals surface area contributed by atoms with E-state index in [-0.39, 0.29) is 0 Å². The zero-order valence-electron chi connectivity index (χ0n) is 11.8. The standard InChI is InChI=1S/C14H15Br4N3O/c15-9-10(16)12(18)14-13(11(9)17)19-8-21(14)3-1-2-20-4-6-22-7-5-20/h8H,1-7H2. The van der Waals surface area contributed by atoms with Crippen LogP contribution in [0.3, 0.4) is 0 Å². The molecule has 0 unspecified atom stereocenters. The van der Waals surface area contributed by atoms with Gasteiger partial charge < -0.3 is 9.30 Å². The molecule has 1 aromatic carbocycles. The molecule has 1 fully saturated rings. The number of hydrogen-bond donors (Lipinski definition) is 0. The summed E-state index contributed by atoms with van der Waals surface area (Å²) in [6, 6.07) is 0. The van der Waals surface area contributed by atoms with Crippen molar-refractivity contribution in [2.45, 2.75) is 13.0 Å². The number of fused-ring (bicyclic) bond motifs is 1. The number of benzene rings is 1. The molecular weight excluding hydrogens is 546 g/mol. The lowest BCUT2D eigenvalue weighted by Crippen LogP contribution is -2.37. The summed E-state index contributed by atoms with van der Waals surface area (Å²) >= 11 is 14.5. The van der Waals surface area contributed by atoms with Gasteiger partial charge in [-0.1, -0.05) is 0 Å². The van der Waals surface area contributed by atoms with Crippen LogP contribution in [-0.4, -0.2) is 47.3 Å². The molecule has 0 aliphatic carbocycles. The maximum atomic E-state index is 5.38. The van der Waals surface area contributed by atoms with Crippen LogP contribution in [0.15, 0.2) is 24.2 Å². The summed E-state index contributed by atoms with van der Waals surface area (Å²) in [6.07, 6.45) is 3.02. The molecule has 1 saturated heterocycles. The van der Waals surface area contributed by atoms with Gasteiger partial charge in [-0.15, -0.1) is 0 Å². The van der Waals surface area contributed by atoms with Crippen molar-refractivity contribution in [3.8, 4) is 0 Å². The molecule has 0 saturated carbocycles. The molecule has 120 valence electrons. The highest BCUT2D eigenvalue weighted by Crippen LogP contribution is 2.42. The third-order valence-corrected chi connectivity index (χ3v) is 8.54. The van der Waals surface area contributed by atoms with E-state index in [1.807, 2.05) is 6.33 Å². The monoisotopic (exact) mass is 557 g/mol. The van der Waals surface area contributed by atoms with Crippen molar-refractivity contribution in [3.05, 3.63) is 24.2 Å². The number of rotatable bonds is 4. The number of nitrogens with zero attached hydrogens (tertiary/aromatic N) is 3. The highest BCUT2D eigenvalue weighted by molar-refractivity contribution is 9.15. The van der Waals surface area contributed by atoms with Gasteiger partial charge in [0, 0.05) is 35.1 Å². The lowest BCUT2D eigenvalue weighted by molar-refractivity contribution is 0.0369. The van der Waals surface area contributed by atoms with E-state index in [1.165, 1.54) is 0 Å². The Kier molecular flexibility index (Phi) is 6.00. The molecule has 0 radical (unpaired) electrons. The van der Waals surface area contributed by atoms with Crippen LogP contribution in [0, 0.1) is 0 Å². The summed E-state index contributed by atoms with van der Waals surface area (Å²) < 4.78 is 11.6. The average Bonchev–Trinajstić information content (AvgIpc) is 2.96. The fourth-order valence-corrected chi connectivity index (χ4v) is 5.04. The fraction of sp³-hybridized carbons (Fsp3) is 0.500. The van der Waals surface area contributed by atoms with E-state index in [0.29, 0.717) is 0 Å². The fourth-order valence-electron chi connectivity index (χ4n) is 2.63. The van der Waals surface area contributed by atoms with Gasteiger partial charge in [0.15, 0.2) is 0 Å². The second-order valence-electron chi connectivity index (χ2n) is 5.20. The number of imidazole rings is 1. The molecule has 1 aromatic heterocycles. The molecule has 1 aliphatic heterocycles. The van der Waals surface area contributed by atoms with Gasteiger partial charge in [-0.25, -0.2) is 4.98 Å². The molecule has 0 spiro atoms. The molecule has 2 heterocycles. The third-order valence-electron chi connectivity index (χ3n) is 3.81. The van der Waals surface area contributed by atoms with Crippen LogP contribution in [0.5, 0.6) is 0 Å². The number of morpholine rings is 1. The lowest BCUT2D eigenvalue weighted by atomic mass is 10.3. The highest BCUT2D eigenvalue weighted by atomic mass is 79.9. The van der Waals surface area contributed by atoms with Gasteiger partial charge in [0.05, 0.1) is 34.0 Å². The SMILES string of the molecule is Brc1c(Br)c(Br)c2c(ncn2CCCN2CCOCC2)c1Br. The maximum Gasteiger partial charge on any atom is 0.105 e. The molecule has 0 atom stereocenters. The van der Waals surface area contributed by atoms with E-state index >= 15 is 0 Å². The van der Waals surface area contributed by atoms with Gasteiger partial charge >= 0.3 is 0 Å². The minimum atomic E-state index is 0.855. The van der Waals surface area contributed by atoms with Gasteiger partial charge in [0.25, 0.3) is 0 Å². The number of ether oxygens (including phenoxy) is 1. The molecule has 4 nitrogen and oxygen atoms in total. The Balaban J connectivity index is 1.77. The van der Waals surface area contributed by atoms with E-state index < -0.39 is 0 Å². The number of hydrogen-bond acceptors (Lipinski definition) is 3. The van der Waals surface area contributed by atoms with Gasteiger partial charge in [0.1, 0.15) is 5.52 Å². The molecular formula is C14H15Br4N3O. The van der Waals surface area contributed by atoms with Crippen molar-refractivity contribution in [1.82, 2.24) is 14.5 Å². The lowest BCUT2D eigenvalue weighted by Gasteiger charge is -2.26. The first-order valence-corrected chi connectivity index (χ1v) is 10.2. The van der Waals surface area contributed by atoms with Crippen LogP contribution in [0.25, 0.3) is 11.0 Å². The molecule has 0 N–H and O–H groups in total. The van der Waals surface area contributed by atoms with Crippen LogP contribution in [0.1, 0.15) is 6.42 Å². The molecule has 8 heteroatoms. The molecule has 0 bridgehead atoms. The Labute approximate surface area is 163 Å². The quantitative estimate of drug-likeness (QED) is 0.397. The molecule has 1 aliphatic rings. The topological polar surface area (TPSA) is 30.3 Å². The Morgan fingerprint density at radius 3 is 2.36 bits per heavy atom. The van der Waals surface area contributed by atoms with Crippen molar-refractivity contribution in [2.75, 3.05) is 32.8 Å². The second-order valence-corrected chi connectivity index (χ2v) is 8.37. The van der Waals surface area contributed by atoms with Crippen molar-refractivity contribution in [1.29, 1.82) is 0 Å². The number of aromatic nitrogens is 2. The van der Waals surface area contributed by atoms with Crippen LogP contribution in [-0.2, 0) is 11.3 Å². The summed E-state index contributed by atoms with van der Waals surface area (Å²) in [5, 5.41) is 0. The van der Waals surface area contributed by atoms with Crippen LogP contribution in [0.2, 0.25) is 0 Å². The van der Waals surface area contributed by atoms with E-state index in [2.05, 4.69) is 78.2 Å². The Morgan fingerprint density at radius 1 is 0.955 bits per heavy atom. The summed E-state index contributed by atoms with van der Waals surface area (Å²) in [4.78, 5) is 7.01. The molecule has 3 rings (SSSR count). The van der Waals surface area contributed by atoms with E-state index in [1.54, 1.807) is 0 Å².